The van der Waals surface area contributed by atoms with E-state index in [2.05, 4.69) is 21.9 Å². The lowest BCUT2D eigenvalue weighted by molar-refractivity contribution is -0.132. The number of nitrogens with zero attached hydrogens (tertiary/aromatic N) is 5. The molecule has 1 fully saturated rings. The standard InChI is InChI=1S/C27H35N5O4/c1-5-30(6-2)25(33)18-29-12-14-31(15-13-29)21-8-7-9-22(17-21)32-24-11-10-20(27(34)35)16-23(24)28-26(32)19(3)36-4/h7-11,16-17,19H,5-6,12-15,18H2,1-4H3,(H,34,35). The number of hydrogen-bond donors (Lipinski definition) is 1. The van der Waals surface area contributed by atoms with Gasteiger partial charge in [-0.1, -0.05) is 6.07 Å². The van der Waals surface area contributed by atoms with Crippen LogP contribution >= 0.6 is 0 Å². The maximum absolute atomic E-state index is 12.5. The zero-order valence-corrected chi connectivity index (χ0v) is 21.5. The van der Waals surface area contributed by atoms with Gasteiger partial charge in [-0.15, -0.1) is 0 Å². The van der Waals surface area contributed by atoms with Gasteiger partial charge in [0.05, 0.1) is 23.1 Å². The Labute approximate surface area is 211 Å². The lowest BCUT2D eigenvalue weighted by Gasteiger charge is -2.36. The van der Waals surface area contributed by atoms with Crippen LogP contribution < -0.4 is 4.90 Å². The van der Waals surface area contributed by atoms with Gasteiger partial charge in [0.1, 0.15) is 11.9 Å². The first-order chi connectivity index (χ1) is 17.4. The number of ether oxygens (including phenoxy) is 1. The van der Waals surface area contributed by atoms with Crippen molar-refractivity contribution in [3.05, 3.63) is 53.9 Å². The Morgan fingerprint density at radius 1 is 1.06 bits per heavy atom. The van der Waals surface area contributed by atoms with E-state index in [0.29, 0.717) is 17.9 Å². The predicted molar refractivity (Wildman–Crippen MR) is 140 cm³/mol. The number of hydrogen-bond acceptors (Lipinski definition) is 6. The molecule has 0 spiro atoms. The summed E-state index contributed by atoms with van der Waals surface area (Å²) < 4.78 is 7.62. The zero-order valence-electron chi connectivity index (χ0n) is 21.5. The van der Waals surface area contributed by atoms with Crippen molar-refractivity contribution < 1.29 is 19.4 Å². The number of imidazole rings is 1. The van der Waals surface area contributed by atoms with Crippen molar-refractivity contribution in [2.24, 2.45) is 0 Å². The molecule has 1 unspecified atom stereocenters. The van der Waals surface area contributed by atoms with Crippen LogP contribution in [0.2, 0.25) is 0 Å². The highest BCUT2D eigenvalue weighted by molar-refractivity contribution is 5.93. The number of carboxylic acid groups (broad SMARTS) is 1. The van der Waals surface area contributed by atoms with Crippen molar-refractivity contribution in [1.82, 2.24) is 19.4 Å². The zero-order chi connectivity index (χ0) is 25.8. The number of anilines is 1. The number of likely N-dealkylation sites (N-methyl/N-ethyl adjacent to an activating group) is 1. The first kappa shape index (κ1) is 25.7. The molecule has 1 amide bonds. The molecule has 1 aliphatic heterocycles. The SMILES string of the molecule is CCN(CC)C(=O)CN1CCN(c2cccc(-n3c(C(C)OC)nc4cc(C(=O)O)ccc43)c2)CC1. The van der Waals surface area contributed by atoms with Gasteiger partial charge in [0.2, 0.25) is 5.91 Å². The first-order valence-corrected chi connectivity index (χ1v) is 12.5. The number of carbonyl (C=O) groups excluding carboxylic acids is 1. The average molecular weight is 494 g/mol. The van der Waals surface area contributed by atoms with Crippen molar-refractivity contribution in [3.63, 3.8) is 0 Å². The second-order valence-electron chi connectivity index (χ2n) is 9.04. The third-order valence-electron chi connectivity index (χ3n) is 6.94. The molecule has 1 N–H and O–H groups in total. The number of methoxy groups -OCH3 is 1. The Balaban J connectivity index is 1.58. The molecule has 0 saturated carbocycles. The molecular weight excluding hydrogens is 458 g/mol. The number of benzene rings is 2. The van der Waals surface area contributed by atoms with E-state index in [1.165, 1.54) is 0 Å². The van der Waals surface area contributed by atoms with Crippen LogP contribution in [-0.4, -0.2) is 89.3 Å². The van der Waals surface area contributed by atoms with Gasteiger partial charge in [-0.3, -0.25) is 14.3 Å². The van der Waals surface area contributed by atoms with Gasteiger partial charge in [-0.2, -0.15) is 0 Å². The van der Waals surface area contributed by atoms with Crippen LogP contribution in [0, 0.1) is 0 Å². The number of carbonyl (C=O) groups is 2. The Hall–Kier alpha value is -3.43. The number of aromatic carboxylic acids is 1. The maximum atomic E-state index is 12.5. The van der Waals surface area contributed by atoms with Crippen molar-refractivity contribution in [2.45, 2.75) is 26.9 Å². The Morgan fingerprint density at radius 3 is 2.39 bits per heavy atom. The maximum Gasteiger partial charge on any atom is 0.335 e. The van der Waals surface area contributed by atoms with Gasteiger partial charge < -0.3 is 19.6 Å². The molecule has 9 heteroatoms. The van der Waals surface area contributed by atoms with E-state index in [1.807, 2.05) is 42.4 Å². The predicted octanol–water partition coefficient (Wildman–Crippen LogP) is 3.42. The second-order valence-corrected chi connectivity index (χ2v) is 9.04. The van der Waals surface area contributed by atoms with Gasteiger partial charge >= 0.3 is 5.97 Å². The molecule has 2 heterocycles. The molecule has 3 aromatic rings. The average Bonchev–Trinajstić information content (AvgIpc) is 3.28. The summed E-state index contributed by atoms with van der Waals surface area (Å²) in [6.07, 6.45) is -0.277. The van der Waals surface area contributed by atoms with Crippen molar-refractivity contribution in [3.8, 4) is 5.69 Å². The Morgan fingerprint density at radius 2 is 1.75 bits per heavy atom. The van der Waals surface area contributed by atoms with Crippen molar-refractivity contribution >= 4 is 28.6 Å². The first-order valence-electron chi connectivity index (χ1n) is 12.5. The number of amides is 1. The molecular formula is C27H35N5O4. The molecule has 4 rings (SSSR count). The minimum Gasteiger partial charge on any atom is -0.478 e. The third-order valence-corrected chi connectivity index (χ3v) is 6.94. The van der Waals surface area contributed by atoms with Gasteiger partial charge in [-0.25, -0.2) is 9.78 Å². The van der Waals surface area contributed by atoms with E-state index in [-0.39, 0.29) is 17.6 Å². The van der Waals surface area contributed by atoms with E-state index in [9.17, 15) is 14.7 Å². The van der Waals surface area contributed by atoms with Crippen molar-refractivity contribution in [2.75, 3.05) is 57.8 Å². The number of fused-ring (bicyclic) bond motifs is 1. The van der Waals surface area contributed by atoms with Crippen LogP contribution in [-0.2, 0) is 9.53 Å². The van der Waals surface area contributed by atoms with Crippen LogP contribution in [0.4, 0.5) is 5.69 Å². The summed E-state index contributed by atoms with van der Waals surface area (Å²) in [5.41, 5.74) is 3.69. The number of aromatic nitrogens is 2. The van der Waals surface area contributed by atoms with Crippen LogP contribution in [0.1, 0.15) is 43.1 Å². The Bertz CT molecular complexity index is 1230. The minimum atomic E-state index is -0.979. The van der Waals surface area contributed by atoms with E-state index in [1.54, 1.807) is 25.3 Å². The number of carboxylic acids is 1. The van der Waals surface area contributed by atoms with Crippen LogP contribution in [0.5, 0.6) is 0 Å². The largest absolute Gasteiger partial charge is 0.478 e. The highest BCUT2D eigenvalue weighted by Crippen LogP contribution is 2.29. The lowest BCUT2D eigenvalue weighted by Crippen LogP contribution is -2.50. The molecule has 0 bridgehead atoms. The molecule has 9 nitrogen and oxygen atoms in total. The minimum absolute atomic E-state index is 0.188. The van der Waals surface area contributed by atoms with Crippen molar-refractivity contribution in [1.29, 1.82) is 0 Å². The summed E-state index contributed by atoms with van der Waals surface area (Å²) in [6, 6.07) is 13.3. The molecule has 2 aromatic carbocycles. The van der Waals surface area contributed by atoms with E-state index >= 15 is 0 Å². The van der Waals surface area contributed by atoms with Crippen LogP contribution in [0.3, 0.4) is 0 Å². The fourth-order valence-electron chi connectivity index (χ4n) is 4.74. The lowest BCUT2D eigenvalue weighted by atomic mass is 10.2. The fraction of sp³-hybridized carbons (Fsp3) is 0.444. The second kappa shape index (κ2) is 11.1. The molecule has 1 aliphatic rings. The molecule has 36 heavy (non-hydrogen) atoms. The van der Waals surface area contributed by atoms with Gasteiger partial charge in [0, 0.05) is 57.8 Å². The monoisotopic (exact) mass is 493 g/mol. The fourth-order valence-corrected chi connectivity index (χ4v) is 4.74. The number of piperazine rings is 1. The summed E-state index contributed by atoms with van der Waals surface area (Å²) in [7, 11) is 1.64. The molecule has 0 aliphatic carbocycles. The molecule has 1 aromatic heterocycles. The highest BCUT2D eigenvalue weighted by atomic mass is 16.5. The van der Waals surface area contributed by atoms with E-state index < -0.39 is 5.97 Å². The van der Waals surface area contributed by atoms with E-state index in [0.717, 1.165) is 56.2 Å². The van der Waals surface area contributed by atoms with E-state index in [4.69, 9.17) is 9.72 Å². The van der Waals surface area contributed by atoms with Crippen LogP contribution in [0.15, 0.2) is 42.5 Å². The van der Waals surface area contributed by atoms with Gasteiger partial charge in [-0.05, 0) is 57.2 Å². The topological polar surface area (TPSA) is 91.1 Å². The highest BCUT2D eigenvalue weighted by Gasteiger charge is 2.23. The quantitative estimate of drug-likeness (QED) is 0.488. The number of rotatable bonds is 9. The van der Waals surface area contributed by atoms with Crippen LogP contribution in [0.25, 0.3) is 16.7 Å². The molecule has 1 saturated heterocycles. The molecule has 0 radical (unpaired) electrons. The summed E-state index contributed by atoms with van der Waals surface area (Å²) >= 11 is 0. The third kappa shape index (κ3) is 5.22. The summed E-state index contributed by atoms with van der Waals surface area (Å²) in [4.78, 5) is 35.1. The normalized spacial score (nSPS) is 15.3. The van der Waals surface area contributed by atoms with Gasteiger partial charge in [0.25, 0.3) is 0 Å². The summed E-state index contributed by atoms with van der Waals surface area (Å²) in [5.74, 6) is -0.0760. The smallest absolute Gasteiger partial charge is 0.335 e. The molecule has 192 valence electrons. The molecule has 1 atom stereocenters. The Kier molecular flexibility index (Phi) is 7.91. The van der Waals surface area contributed by atoms with Gasteiger partial charge in [0.15, 0.2) is 0 Å². The summed E-state index contributed by atoms with van der Waals surface area (Å²) in [6.45, 7) is 11.2. The summed E-state index contributed by atoms with van der Waals surface area (Å²) in [5, 5.41) is 9.40.